The molecule has 1 rings (SSSR count). The number of likely N-dealkylation sites (N-methyl/N-ethyl adjacent to an activating group) is 1. The van der Waals surface area contributed by atoms with Crippen LogP contribution in [0.1, 0.15) is 65.7 Å². The molecule has 0 saturated heterocycles. The SMILES string of the molecule is CCC(CC)CN(CC)C(=O)C1(N)CCCCC1. The predicted molar refractivity (Wildman–Crippen MR) is 76.3 cm³/mol. The Balaban J connectivity index is 2.65. The van der Waals surface area contributed by atoms with E-state index in [2.05, 4.69) is 20.8 Å². The normalized spacial score (nSPS) is 18.9. The molecule has 0 aromatic carbocycles. The van der Waals surface area contributed by atoms with Crippen molar-refractivity contribution in [3.63, 3.8) is 0 Å². The van der Waals surface area contributed by atoms with Gasteiger partial charge < -0.3 is 10.6 Å². The molecule has 106 valence electrons. The van der Waals surface area contributed by atoms with Gasteiger partial charge in [0.05, 0.1) is 5.54 Å². The van der Waals surface area contributed by atoms with Gasteiger partial charge in [0.25, 0.3) is 0 Å². The molecule has 0 aliphatic heterocycles. The molecular weight excluding hydrogens is 224 g/mol. The zero-order valence-electron chi connectivity index (χ0n) is 12.4. The Bertz CT molecular complexity index is 255. The average Bonchev–Trinajstić information content (AvgIpc) is 2.40. The minimum atomic E-state index is -0.569. The van der Waals surface area contributed by atoms with Crippen LogP contribution >= 0.6 is 0 Å². The molecule has 0 bridgehead atoms. The van der Waals surface area contributed by atoms with Gasteiger partial charge in [-0.25, -0.2) is 0 Å². The molecule has 3 nitrogen and oxygen atoms in total. The zero-order chi connectivity index (χ0) is 13.6. The number of hydrogen-bond acceptors (Lipinski definition) is 2. The van der Waals surface area contributed by atoms with Crippen LogP contribution in [0, 0.1) is 5.92 Å². The zero-order valence-corrected chi connectivity index (χ0v) is 12.4. The number of carbonyl (C=O) groups is 1. The quantitative estimate of drug-likeness (QED) is 0.792. The van der Waals surface area contributed by atoms with Gasteiger partial charge in [-0.15, -0.1) is 0 Å². The van der Waals surface area contributed by atoms with Gasteiger partial charge in [-0.05, 0) is 25.7 Å². The summed E-state index contributed by atoms with van der Waals surface area (Å²) in [5.41, 5.74) is 5.78. The van der Waals surface area contributed by atoms with Crippen LogP contribution in [-0.2, 0) is 4.79 Å². The van der Waals surface area contributed by atoms with Crippen LogP contribution in [0.4, 0.5) is 0 Å². The lowest BCUT2D eigenvalue weighted by Crippen LogP contribution is -2.57. The average molecular weight is 254 g/mol. The number of amides is 1. The molecule has 1 aliphatic rings. The summed E-state index contributed by atoms with van der Waals surface area (Å²) < 4.78 is 0. The molecule has 0 spiro atoms. The van der Waals surface area contributed by atoms with E-state index in [0.29, 0.717) is 5.92 Å². The second-order valence-electron chi connectivity index (χ2n) is 5.74. The molecule has 18 heavy (non-hydrogen) atoms. The topological polar surface area (TPSA) is 46.3 Å². The van der Waals surface area contributed by atoms with E-state index in [1.165, 1.54) is 6.42 Å². The second kappa shape index (κ2) is 7.13. The Kier molecular flexibility index (Phi) is 6.13. The summed E-state index contributed by atoms with van der Waals surface area (Å²) in [5, 5.41) is 0. The van der Waals surface area contributed by atoms with E-state index in [1.54, 1.807) is 0 Å². The van der Waals surface area contributed by atoms with Crippen LogP contribution < -0.4 is 5.73 Å². The minimum absolute atomic E-state index is 0.191. The Hall–Kier alpha value is -0.570. The molecule has 0 aromatic rings. The Morgan fingerprint density at radius 3 is 2.17 bits per heavy atom. The van der Waals surface area contributed by atoms with Crippen LogP contribution in [0.2, 0.25) is 0 Å². The molecule has 0 aromatic heterocycles. The summed E-state index contributed by atoms with van der Waals surface area (Å²) >= 11 is 0. The summed E-state index contributed by atoms with van der Waals surface area (Å²) in [6.45, 7) is 8.12. The van der Waals surface area contributed by atoms with Crippen LogP contribution in [0.15, 0.2) is 0 Å². The maximum absolute atomic E-state index is 12.6. The van der Waals surface area contributed by atoms with Crippen molar-refractivity contribution in [1.82, 2.24) is 4.90 Å². The van der Waals surface area contributed by atoms with Crippen LogP contribution in [0.25, 0.3) is 0 Å². The van der Waals surface area contributed by atoms with Crippen molar-refractivity contribution < 1.29 is 4.79 Å². The molecule has 1 aliphatic carbocycles. The first kappa shape index (κ1) is 15.5. The fourth-order valence-corrected chi connectivity index (χ4v) is 2.93. The maximum atomic E-state index is 12.6. The first-order chi connectivity index (χ1) is 8.57. The highest BCUT2D eigenvalue weighted by Gasteiger charge is 2.38. The monoisotopic (exact) mass is 254 g/mol. The largest absolute Gasteiger partial charge is 0.341 e. The molecule has 0 heterocycles. The fourth-order valence-electron chi connectivity index (χ4n) is 2.93. The third kappa shape index (κ3) is 3.71. The van der Waals surface area contributed by atoms with Gasteiger partial charge in [-0.1, -0.05) is 46.0 Å². The van der Waals surface area contributed by atoms with Gasteiger partial charge in [0.15, 0.2) is 0 Å². The Morgan fingerprint density at radius 1 is 1.17 bits per heavy atom. The van der Waals surface area contributed by atoms with E-state index in [4.69, 9.17) is 5.73 Å². The lowest BCUT2D eigenvalue weighted by atomic mass is 9.81. The molecule has 3 heteroatoms. The van der Waals surface area contributed by atoms with Gasteiger partial charge in [0.2, 0.25) is 5.91 Å². The molecule has 0 radical (unpaired) electrons. The molecule has 0 atom stereocenters. The standard InChI is InChI=1S/C15H30N2O/c1-4-13(5-2)12-17(6-3)14(18)15(16)10-8-7-9-11-15/h13H,4-12,16H2,1-3H3. The van der Waals surface area contributed by atoms with Crippen LogP contribution in [0.5, 0.6) is 0 Å². The highest BCUT2D eigenvalue weighted by atomic mass is 16.2. The van der Waals surface area contributed by atoms with Crippen LogP contribution in [-0.4, -0.2) is 29.4 Å². The lowest BCUT2D eigenvalue weighted by Gasteiger charge is -2.37. The number of nitrogens with zero attached hydrogens (tertiary/aromatic N) is 1. The third-order valence-corrected chi connectivity index (χ3v) is 4.47. The van der Waals surface area contributed by atoms with Gasteiger partial charge in [-0.2, -0.15) is 0 Å². The number of rotatable bonds is 6. The van der Waals surface area contributed by atoms with Crippen LogP contribution in [0.3, 0.4) is 0 Å². The molecular formula is C15H30N2O. The second-order valence-corrected chi connectivity index (χ2v) is 5.74. The van der Waals surface area contributed by atoms with Gasteiger partial charge >= 0.3 is 0 Å². The van der Waals surface area contributed by atoms with E-state index < -0.39 is 5.54 Å². The lowest BCUT2D eigenvalue weighted by molar-refractivity contribution is -0.138. The fraction of sp³-hybridized carbons (Fsp3) is 0.933. The molecule has 0 unspecified atom stereocenters. The Morgan fingerprint density at radius 2 is 1.72 bits per heavy atom. The first-order valence-electron chi connectivity index (χ1n) is 7.65. The summed E-state index contributed by atoms with van der Waals surface area (Å²) in [4.78, 5) is 14.6. The van der Waals surface area contributed by atoms with E-state index in [-0.39, 0.29) is 5.91 Å². The van der Waals surface area contributed by atoms with Gasteiger partial charge in [0, 0.05) is 13.1 Å². The summed E-state index contributed by atoms with van der Waals surface area (Å²) in [7, 11) is 0. The number of hydrogen-bond donors (Lipinski definition) is 1. The van der Waals surface area contributed by atoms with E-state index in [9.17, 15) is 4.79 Å². The smallest absolute Gasteiger partial charge is 0.242 e. The van der Waals surface area contributed by atoms with Crippen molar-refractivity contribution in [3.05, 3.63) is 0 Å². The summed E-state index contributed by atoms with van der Waals surface area (Å²) in [6.07, 6.45) is 7.44. The minimum Gasteiger partial charge on any atom is -0.341 e. The van der Waals surface area contributed by atoms with E-state index in [1.807, 2.05) is 4.90 Å². The highest BCUT2D eigenvalue weighted by molar-refractivity contribution is 5.86. The molecule has 2 N–H and O–H groups in total. The van der Waals surface area contributed by atoms with E-state index in [0.717, 1.165) is 51.6 Å². The highest BCUT2D eigenvalue weighted by Crippen LogP contribution is 2.28. The van der Waals surface area contributed by atoms with Crippen molar-refractivity contribution in [2.75, 3.05) is 13.1 Å². The van der Waals surface area contributed by atoms with Crippen molar-refractivity contribution in [1.29, 1.82) is 0 Å². The van der Waals surface area contributed by atoms with Crippen molar-refractivity contribution in [2.24, 2.45) is 11.7 Å². The van der Waals surface area contributed by atoms with Crippen molar-refractivity contribution in [3.8, 4) is 0 Å². The van der Waals surface area contributed by atoms with Crippen molar-refractivity contribution in [2.45, 2.75) is 71.3 Å². The van der Waals surface area contributed by atoms with Gasteiger partial charge in [0.1, 0.15) is 0 Å². The number of carbonyl (C=O) groups excluding carboxylic acids is 1. The van der Waals surface area contributed by atoms with Crippen molar-refractivity contribution >= 4 is 5.91 Å². The summed E-state index contributed by atoms with van der Waals surface area (Å²) in [6, 6.07) is 0. The maximum Gasteiger partial charge on any atom is 0.242 e. The molecule has 1 fully saturated rings. The number of nitrogens with two attached hydrogens (primary N) is 1. The van der Waals surface area contributed by atoms with Gasteiger partial charge in [-0.3, -0.25) is 4.79 Å². The molecule has 1 saturated carbocycles. The Labute approximate surface area is 112 Å². The van der Waals surface area contributed by atoms with E-state index >= 15 is 0 Å². The summed E-state index contributed by atoms with van der Waals surface area (Å²) in [5.74, 6) is 0.803. The predicted octanol–water partition coefficient (Wildman–Crippen LogP) is 2.93. The molecule has 1 amide bonds. The first-order valence-corrected chi connectivity index (χ1v) is 7.65. The third-order valence-electron chi connectivity index (χ3n) is 4.47.